The van der Waals surface area contributed by atoms with Crippen molar-refractivity contribution in [2.24, 2.45) is 0 Å². The number of hydrogen-bond acceptors (Lipinski definition) is 3. The van der Waals surface area contributed by atoms with Gasteiger partial charge in [-0.2, -0.15) is 0 Å². The molecular formula is C11H9BrO3. The molecular weight excluding hydrogens is 260 g/mol. The summed E-state index contributed by atoms with van der Waals surface area (Å²) in [5.41, 5.74) is 0.244. The maximum absolute atomic E-state index is 11.6. The van der Waals surface area contributed by atoms with E-state index in [1.165, 1.54) is 7.11 Å². The van der Waals surface area contributed by atoms with Crippen molar-refractivity contribution in [3.05, 3.63) is 46.5 Å². The molecule has 0 N–H and O–H groups in total. The van der Waals surface area contributed by atoms with Crippen LogP contribution in [0.25, 0.3) is 0 Å². The zero-order chi connectivity index (χ0) is 11.4. The molecule has 0 unspecified atom stereocenters. The Labute approximate surface area is 95.9 Å². The number of Topliss-reactive ketones (excluding diaryl/α,β-unsaturated/α-hetero) is 1. The lowest BCUT2D eigenvalue weighted by molar-refractivity contribution is -0.135. The van der Waals surface area contributed by atoms with E-state index in [0.29, 0.717) is 5.56 Å². The van der Waals surface area contributed by atoms with Crippen LogP contribution in [0.1, 0.15) is 10.4 Å². The van der Waals surface area contributed by atoms with E-state index in [2.05, 4.69) is 27.2 Å². The van der Waals surface area contributed by atoms with Gasteiger partial charge in [0.25, 0.3) is 0 Å². The predicted octanol–water partition coefficient (Wildman–Crippen LogP) is 2.36. The predicted molar refractivity (Wildman–Crippen MR) is 59.6 cm³/mol. The third-order valence-electron chi connectivity index (χ3n) is 1.81. The summed E-state index contributed by atoms with van der Waals surface area (Å²) < 4.78 is 5.27. The summed E-state index contributed by atoms with van der Waals surface area (Å²) >= 11 is 3.25. The quantitative estimate of drug-likeness (QED) is 0.278. The van der Waals surface area contributed by atoms with Crippen molar-refractivity contribution in [3.8, 4) is 0 Å². The van der Waals surface area contributed by atoms with E-state index in [1.54, 1.807) is 24.3 Å². The summed E-state index contributed by atoms with van der Waals surface area (Å²) in [5.74, 6) is -1.13. The van der Waals surface area contributed by atoms with Gasteiger partial charge in [0, 0.05) is 10.0 Å². The molecule has 0 saturated heterocycles. The fourth-order valence-corrected chi connectivity index (χ4v) is 1.26. The monoisotopic (exact) mass is 268 g/mol. The molecule has 0 aromatic heterocycles. The Kier molecular flexibility index (Phi) is 3.80. The van der Waals surface area contributed by atoms with Crippen molar-refractivity contribution in [2.45, 2.75) is 0 Å². The smallest absolute Gasteiger partial charge is 0.341 e. The number of rotatable bonds is 3. The van der Waals surface area contributed by atoms with Crippen molar-refractivity contribution < 1.29 is 14.3 Å². The summed E-state index contributed by atoms with van der Waals surface area (Å²) in [6.07, 6.45) is 0. The van der Waals surface area contributed by atoms with Crippen LogP contribution in [0.15, 0.2) is 40.9 Å². The molecule has 0 saturated carbocycles. The number of hydrogen-bond donors (Lipinski definition) is 0. The lowest BCUT2D eigenvalue weighted by Gasteiger charge is -2.02. The number of esters is 1. The van der Waals surface area contributed by atoms with Crippen molar-refractivity contribution in [2.75, 3.05) is 7.11 Å². The standard InChI is InChI=1S/C11H9BrO3/c1-7(11(14)15-2)10(13)8-3-5-9(12)6-4-8/h3-6H,1H2,2H3. The Morgan fingerprint density at radius 1 is 1.27 bits per heavy atom. The Balaban J connectivity index is 2.90. The van der Waals surface area contributed by atoms with Crippen molar-refractivity contribution in [1.29, 1.82) is 0 Å². The third-order valence-corrected chi connectivity index (χ3v) is 2.34. The van der Waals surface area contributed by atoms with Crippen LogP contribution in [-0.4, -0.2) is 18.9 Å². The van der Waals surface area contributed by atoms with Crippen LogP contribution in [-0.2, 0) is 9.53 Å². The van der Waals surface area contributed by atoms with Crippen LogP contribution in [0, 0.1) is 0 Å². The minimum Gasteiger partial charge on any atom is -0.465 e. The van der Waals surface area contributed by atoms with Crippen molar-refractivity contribution >= 4 is 27.7 Å². The zero-order valence-electron chi connectivity index (χ0n) is 8.12. The van der Waals surface area contributed by atoms with Crippen molar-refractivity contribution in [1.82, 2.24) is 0 Å². The van der Waals surface area contributed by atoms with Crippen LogP contribution in [0.2, 0.25) is 0 Å². The topological polar surface area (TPSA) is 43.4 Å². The molecule has 0 fully saturated rings. The summed E-state index contributed by atoms with van der Waals surface area (Å²) in [7, 11) is 1.21. The first kappa shape index (κ1) is 11.7. The number of methoxy groups -OCH3 is 1. The van der Waals surface area contributed by atoms with Crippen molar-refractivity contribution in [3.63, 3.8) is 0 Å². The van der Waals surface area contributed by atoms with Crippen LogP contribution in [0.4, 0.5) is 0 Å². The van der Waals surface area contributed by atoms with Gasteiger partial charge in [-0.15, -0.1) is 0 Å². The number of carbonyl (C=O) groups is 2. The number of ether oxygens (including phenoxy) is 1. The molecule has 15 heavy (non-hydrogen) atoms. The number of benzene rings is 1. The second-order valence-electron chi connectivity index (χ2n) is 2.81. The number of carbonyl (C=O) groups excluding carboxylic acids is 2. The van der Waals surface area contributed by atoms with Gasteiger partial charge in [-0.1, -0.05) is 22.5 Å². The molecule has 1 aromatic rings. The molecule has 0 aliphatic rings. The zero-order valence-corrected chi connectivity index (χ0v) is 9.71. The van der Waals surface area contributed by atoms with E-state index in [0.717, 1.165) is 4.47 Å². The number of ketones is 1. The summed E-state index contributed by atoms with van der Waals surface area (Å²) in [5, 5.41) is 0. The van der Waals surface area contributed by atoms with E-state index in [1.807, 2.05) is 0 Å². The fraction of sp³-hybridized carbons (Fsp3) is 0.0909. The molecule has 0 atom stereocenters. The Morgan fingerprint density at radius 3 is 2.27 bits per heavy atom. The summed E-state index contributed by atoms with van der Waals surface area (Å²) in [6.45, 7) is 3.39. The van der Waals surface area contributed by atoms with Crippen LogP contribution >= 0.6 is 15.9 Å². The van der Waals surface area contributed by atoms with Crippen LogP contribution in [0.3, 0.4) is 0 Å². The van der Waals surface area contributed by atoms with Gasteiger partial charge in [0.05, 0.1) is 7.11 Å². The lowest BCUT2D eigenvalue weighted by Crippen LogP contribution is -2.13. The molecule has 78 valence electrons. The van der Waals surface area contributed by atoms with E-state index in [4.69, 9.17) is 0 Å². The largest absolute Gasteiger partial charge is 0.465 e. The van der Waals surface area contributed by atoms with E-state index in [-0.39, 0.29) is 5.57 Å². The minimum absolute atomic E-state index is 0.167. The maximum Gasteiger partial charge on any atom is 0.341 e. The Bertz CT molecular complexity index is 406. The molecule has 1 aromatic carbocycles. The Morgan fingerprint density at radius 2 is 1.80 bits per heavy atom. The molecule has 1 rings (SSSR count). The molecule has 0 aliphatic heterocycles. The molecule has 0 radical (unpaired) electrons. The summed E-state index contributed by atoms with van der Waals surface area (Å²) in [4.78, 5) is 22.7. The normalized spacial score (nSPS) is 9.47. The minimum atomic E-state index is -0.706. The van der Waals surface area contributed by atoms with Gasteiger partial charge in [-0.3, -0.25) is 4.79 Å². The summed E-state index contributed by atoms with van der Waals surface area (Å²) in [6, 6.07) is 6.66. The van der Waals surface area contributed by atoms with Crippen LogP contribution < -0.4 is 0 Å². The highest BCUT2D eigenvalue weighted by molar-refractivity contribution is 9.10. The van der Waals surface area contributed by atoms with Gasteiger partial charge in [0.2, 0.25) is 0 Å². The molecule has 0 aliphatic carbocycles. The molecule has 0 spiro atoms. The molecule has 0 heterocycles. The highest BCUT2D eigenvalue weighted by Crippen LogP contribution is 2.13. The van der Waals surface area contributed by atoms with Crippen LogP contribution in [0.5, 0.6) is 0 Å². The first-order chi connectivity index (χ1) is 7.06. The lowest BCUT2D eigenvalue weighted by atomic mass is 10.1. The van der Waals surface area contributed by atoms with Gasteiger partial charge >= 0.3 is 5.97 Å². The highest BCUT2D eigenvalue weighted by atomic mass is 79.9. The maximum atomic E-state index is 11.6. The van der Waals surface area contributed by atoms with E-state index < -0.39 is 11.8 Å². The highest BCUT2D eigenvalue weighted by Gasteiger charge is 2.17. The first-order valence-electron chi connectivity index (χ1n) is 4.13. The molecule has 0 amide bonds. The number of halogens is 1. The van der Waals surface area contributed by atoms with Gasteiger partial charge in [0.1, 0.15) is 5.57 Å². The average Bonchev–Trinajstić information content (AvgIpc) is 2.27. The first-order valence-corrected chi connectivity index (χ1v) is 4.93. The van der Waals surface area contributed by atoms with E-state index in [9.17, 15) is 9.59 Å². The third kappa shape index (κ3) is 2.76. The average molecular weight is 269 g/mol. The Hall–Kier alpha value is -1.42. The van der Waals surface area contributed by atoms with Gasteiger partial charge in [-0.25, -0.2) is 4.79 Å². The second kappa shape index (κ2) is 4.89. The molecule has 4 heteroatoms. The second-order valence-corrected chi connectivity index (χ2v) is 3.72. The van der Waals surface area contributed by atoms with Gasteiger partial charge < -0.3 is 4.74 Å². The van der Waals surface area contributed by atoms with E-state index >= 15 is 0 Å². The van der Waals surface area contributed by atoms with Gasteiger partial charge in [-0.05, 0) is 24.3 Å². The fourth-order valence-electron chi connectivity index (χ4n) is 0.991. The van der Waals surface area contributed by atoms with Gasteiger partial charge in [0.15, 0.2) is 5.78 Å². The molecule has 3 nitrogen and oxygen atoms in total. The SMILES string of the molecule is C=C(C(=O)OC)C(=O)c1ccc(Br)cc1. The molecule has 0 bridgehead atoms.